The van der Waals surface area contributed by atoms with Gasteiger partial charge in [-0.25, -0.2) is 0 Å². The van der Waals surface area contributed by atoms with E-state index in [0.29, 0.717) is 6.54 Å². The Bertz CT molecular complexity index is 939. The maximum Gasteiger partial charge on any atom is 0.251 e. The van der Waals surface area contributed by atoms with Crippen molar-refractivity contribution in [1.82, 2.24) is 10.3 Å². The van der Waals surface area contributed by atoms with Crippen molar-refractivity contribution >= 4 is 11.6 Å². The van der Waals surface area contributed by atoms with Gasteiger partial charge in [0.2, 0.25) is 0 Å². The van der Waals surface area contributed by atoms with Crippen molar-refractivity contribution in [3.8, 4) is 0 Å². The maximum atomic E-state index is 12.7. The minimum Gasteiger partial charge on any atom is -0.362 e. The van der Waals surface area contributed by atoms with Gasteiger partial charge in [0.05, 0.1) is 6.04 Å². The van der Waals surface area contributed by atoms with Crippen molar-refractivity contribution < 1.29 is 4.79 Å². The van der Waals surface area contributed by atoms with E-state index in [-0.39, 0.29) is 11.9 Å². The number of fused-ring (bicyclic) bond motifs is 1. The smallest absolute Gasteiger partial charge is 0.251 e. The van der Waals surface area contributed by atoms with Crippen LogP contribution >= 0.6 is 0 Å². The van der Waals surface area contributed by atoms with Gasteiger partial charge in [0.25, 0.3) is 5.91 Å². The second-order valence-corrected chi connectivity index (χ2v) is 6.90. The summed E-state index contributed by atoms with van der Waals surface area (Å²) in [4.78, 5) is 19.4. The van der Waals surface area contributed by atoms with E-state index in [9.17, 15) is 4.79 Å². The number of para-hydroxylation sites is 1. The molecular formula is C23H23N3O. The molecule has 0 saturated heterocycles. The maximum absolute atomic E-state index is 12.7. The molecule has 0 spiro atoms. The number of aryl methyl sites for hydroxylation is 1. The number of hydrogen-bond donors (Lipinski definition) is 1. The van der Waals surface area contributed by atoms with E-state index in [1.807, 2.05) is 43.5 Å². The monoisotopic (exact) mass is 357 g/mol. The summed E-state index contributed by atoms with van der Waals surface area (Å²) in [5.41, 5.74) is 5.43. The molecule has 3 aromatic rings. The quantitative estimate of drug-likeness (QED) is 0.753. The van der Waals surface area contributed by atoms with Gasteiger partial charge in [-0.15, -0.1) is 0 Å². The fraction of sp³-hybridized carbons (Fsp3) is 0.217. The van der Waals surface area contributed by atoms with E-state index in [1.54, 1.807) is 6.20 Å². The Hall–Kier alpha value is -3.14. The van der Waals surface area contributed by atoms with Gasteiger partial charge >= 0.3 is 0 Å². The second kappa shape index (κ2) is 7.62. The van der Waals surface area contributed by atoms with Crippen LogP contribution < -0.4 is 10.2 Å². The van der Waals surface area contributed by atoms with Gasteiger partial charge in [-0.05, 0) is 48.2 Å². The van der Waals surface area contributed by atoms with Crippen molar-refractivity contribution in [3.63, 3.8) is 0 Å². The predicted molar refractivity (Wildman–Crippen MR) is 108 cm³/mol. The van der Waals surface area contributed by atoms with Crippen LogP contribution in [0.2, 0.25) is 0 Å². The van der Waals surface area contributed by atoms with E-state index in [2.05, 4.69) is 45.5 Å². The molecule has 1 N–H and O–H groups in total. The van der Waals surface area contributed by atoms with Gasteiger partial charge in [-0.1, -0.05) is 42.5 Å². The van der Waals surface area contributed by atoms with Crippen molar-refractivity contribution in [2.45, 2.75) is 19.4 Å². The number of rotatable bonds is 5. The number of carbonyl (C=O) groups is 1. The Morgan fingerprint density at radius 2 is 1.93 bits per heavy atom. The molecular weight excluding hydrogens is 334 g/mol. The number of aromatic nitrogens is 1. The summed E-state index contributed by atoms with van der Waals surface area (Å²) in [5, 5.41) is 3.14. The molecule has 1 amide bonds. The van der Waals surface area contributed by atoms with Crippen molar-refractivity contribution in [3.05, 3.63) is 95.3 Å². The standard InChI is InChI=1S/C23H23N3O/c1-17-7-2-4-10-20(17)23(27)25-16-22(19-9-6-13-24-15-19)26-14-12-18-8-3-5-11-21(18)26/h2-11,13,15,22H,12,14,16H2,1H3,(H,25,27)/t22-/m1/s1. The minimum atomic E-state index is -0.0329. The zero-order chi connectivity index (χ0) is 18.6. The molecule has 2 heterocycles. The lowest BCUT2D eigenvalue weighted by atomic mass is 10.1. The highest BCUT2D eigenvalue weighted by molar-refractivity contribution is 5.95. The summed E-state index contributed by atoms with van der Waals surface area (Å²) in [6, 6.07) is 20.3. The second-order valence-electron chi connectivity index (χ2n) is 6.90. The Labute approximate surface area is 159 Å². The first-order valence-electron chi connectivity index (χ1n) is 9.32. The summed E-state index contributed by atoms with van der Waals surface area (Å²) in [6.07, 6.45) is 4.70. The van der Waals surface area contributed by atoms with Gasteiger partial charge in [0.15, 0.2) is 0 Å². The van der Waals surface area contributed by atoms with Gasteiger partial charge in [-0.3, -0.25) is 9.78 Å². The number of benzene rings is 2. The molecule has 4 rings (SSSR count). The minimum absolute atomic E-state index is 0.0329. The zero-order valence-electron chi connectivity index (χ0n) is 15.4. The van der Waals surface area contributed by atoms with Crippen LogP contribution in [-0.4, -0.2) is 24.0 Å². The van der Waals surface area contributed by atoms with Crippen LogP contribution in [0, 0.1) is 6.92 Å². The van der Waals surface area contributed by atoms with Crippen LogP contribution in [-0.2, 0) is 6.42 Å². The molecule has 0 bridgehead atoms. The molecule has 0 saturated carbocycles. The molecule has 4 heteroatoms. The SMILES string of the molecule is Cc1ccccc1C(=O)NC[C@H](c1cccnc1)N1CCc2ccccc21. The molecule has 0 unspecified atom stereocenters. The zero-order valence-corrected chi connectivity index (χ0v) is 15.4. The molecule has 27 heavy (non-hydrogen) atoms. The summed E-state index contributed by atoms with van der Waals surface area (Å²) < 4.78 is 0. The van der Waals surface area contributed by atoms with Gasteiger partial charge in [0.1, 0.15) is 0 Å². The van der Waals surface area contributed by atoms with Crippen molar-refractivity contribution in [1.29, 1.82) is 0 Å². The third-order valence-electron chi connectivity index (χ3n) is 5.21. The number of amides is 1. The third-order valence-corrected chi connectivity index (χ3v) is 5.21. The van der Waals surface area contributed by atoms with Crippen molar-refractivity contribution in [2.24, 2.45) is 0 Å². The Morgan fingerprint density at radius 1 is 1.11 bits per heavy atom. The predicted octanol–water partition coefficient (Wildman–Crippen LogP) is 3.92. The number of carbonyl (C=O) groups excluding carboxylic acids is 1. The Balaban J connectivity index is 1.59. The van der Waals surface area contributed by atoms with E-state index in [4.69, 9.17) is 0 Å². The lowest BCUT2D eigenvalue weighted by Gasteiger charge is -2.31. The van der Waals surface area contributed by atoms with E-state index >= 15 is 0 Å². The number of anilines is 1. The molecule has 0 radical (unpaired) electrons. The fourth-order valence-electron chi connectivity index (χ4n) is 3.78. The topological polar surface area (TPSA) is 45.2 Å². The van der Waals surface area contributed by atoms with Crippen LogP contribution in [0.25, 0.3) is 0 Å². The molecule has 1 aliphatic heterocycles. The molecule has 1 atom stereocenters. The van der Waals surface area contributed by atoms with Crippen LogP contribution in [0.15, 0.2) is 73.1 Å². The van der Waals surface area contributed by atoms with Crippen LogP contribution in [0.5, 0.6) is 0 Å². The number of nitrogens with zero attached hydrogens (tertiary/aromatic N) is 2. The molecule has 136 valence electrons. The summed E-state index contributed by atoms with van der Waals surface area (Å²) >= 11 is 0. The van der Waals surface area contributed by atoms with Crippen LogP contribution in [0.4, 0.5) is 5.69 Å². The van der Waals surface area contributed by atoms with E-state index in [1.165, 1.54) is 11.3 Å². The summed E-state index contributed by atoms with van der Waals surface area (Å²) in [7, 11) is 0. The molecule has 1 aliphatic rings. The van der Waals surface area contributed by atoms with Crippen LogP contribution in [0.1, 0.15) is 33.1 Å². The third kappa shape index (κ3) is 3.56. The largest absolute Gasteiger partial charge is 0.362 e. The van der Waals surface area contributed by atoms with Gasteiger partial charge < -0.3 is 10.2 Å². The number of pyridine rings is 1. The summed E-state index contributed by atoms with van der Waals surface area (Å²) in [6.45, 7) is 3.44. The highest BCUT2D eigenvalue weighted by atomic mass is 16.1. The highest BCUT2D eigenvalue weighted by Crippen LogP contribution is 2.34. The lowest BCUT2D eigenvalue weighted by molar-refractivity contribution is 0.0950. The lowest BCUT2D eigenvalue weighted by Crippen LogP contribution is -2.37. The van der Waals surface area contributed by atoms with Crippen LogP contribution in [0.3, 0.4) is 0 Å². The van der Waals surface area contributed by atoms with E-state index < -0.39 is 0 Å². The van der Waals surface area contributed by atoms with Gasteiger partial charge in [-0.2, -0.15) is 0 Å². The molecule has 1 aromatic heterocycles. The Morgan fingerprint density at radius 3 is 2.74 bits per heavy atom. The average Bonchev–Trinajstić information content (AvgIpc) is 3.13. The van der Waals surface area contributed by atoms with Gasteiger partial charge in [0, 0.05) is 36.7 Å². The molecule has 4 nitrogen and oxygen atoms in total. The molecule has 0 fully saturated rings. The first-order chi connectivity index (χ1) is 13.2. The summed E-state index contributed by atoms with van der Waals surface area (Å²) in [5.74, 6) is -0.0329. The highest BCUT2D eigenvalue weighted by Gasteiger charge is 2.27. The normalized spacial score (nSPS) is 13.9. The Kier molecular flexibility index (Phi) is 4.88. The van der Waals surface area contributed by atoms with E-state index in [0.717, 1.165) is 29.7 Å². The first-order valence-corrected chi connectivity index (χ1v) is 9.32. The first kappa shape index (κ1) is 17.3. The van der Waals surface area contributed by atoms with Crippen molar-refractivity contribution in [2.75, 3.05) is 18.0 Å². The molecule has 0 aliphatic carbocycles. The number of hydrogen-bond acceptors (Lipinski definition) is 3. The number of nitrogens with one attached hydrogen (secondary N) is 1. The molecule has 2 aromatic carbocycles. The fourth-order valence-corrected chi connectivity index (χ4v) is 3.78. The average molecular weight is 357 g/mol.